The number of fused-ring (bicyclic) bond motifs is 1. The topological polar surface area (TPSA) is 122 Å². The number of carbonyl (C=O) groups is 2. The lowest BCUT2D eigenvalue weighted by atomic mass is 10.0. The number of aliphatic carboxylic acids is 1. The molecule has 3 atom stereocenters. The lowest BCUT2D eigenvalue weighted by molar-refractivity contribution is -0.157. The van der Waals surface area contributed by atoms with Crippen molar-refractivity contribution in [3.63, 3.8) is 0 Å². The van der Waals surface area contributed by atoms with Gasteiger partial charge in [-0.2, -0.15) is 0 Å². The van der Waals surface area contributed by atoms with Gasteiger partial charge in [-0.25, -0.2) is 9.78 Å². The number of carbonyl (C=O) groups excluding carboxylic acids is 1. The SMILES string of the molecule is NCC1CCC(C(=O)N2Cc3[nH]cnc3CC2C(=O)O)O1. The molecule has 2 aliphatic rings. The highest BCUT2D eigenvalue weighted by Gasteiger charge is 2.41. The number of carboxylic acid groups (broad SMARTS) is 1. The highest BCUT2D eigenvalue weighted by molar-refractivity contribution is 5.87. The van der Waals surface area contributed by atoms with Crippen LogP contribution >= 0.6 is 0 Å². The summed E-state index contributed by atoms with van der Waals surface area (Å²) >= 11 is 0. The molecule has 1 aromatic rings. The normalized spacial score (nSPS) is 28.4. The first-order chi connectivity index (χ1) is 10.1. The van der Waals surface area contributed by atoms with Crippen molar-refractivity contribution in [1.82, 2.24) is 14.9 Å². The standard InChI is InChI=1S/C13H18N4O4/c14-4-7-1-2-11(21-7)12(18)17-5-9-8(15-6-16-9)3-10(17)13(19)20/h6-7,10-11H,1-5,14H2,(H,15,16)(H,19,20). The monoisotopic (exact) mass is 294 g/mol. The van der Waals surface area contributed by atoms with Gasteiger partial charge in [-0.15, -0.1) is 0 Å². The number of H-pyrrole nitrogens is 1. The first-order valence-corrected chi connectivity index (χ1v) is 7.00. The lowest BCUT2D eigenvalue weighted by Gasteiger charge is -2.33. The molecule has 1 fully saturated rings. The Bertz CT molecular complexity index is 558. The smallest absolute Gasteiger partial charge is 0.326 e. The number of nitrogens with one attached hydrogen (secondary N) is 1. The van der Waals surface area contributed by atoms with Crippen molar-refractivity contribution in [2.75, 3.05) is 6.54 Å². The number of carboxylic acids is 1. The number of rotatable bonds is 3. The van der Waals surface area contributed by atoms with Crippen molar-refractivity contribution in [3.05, 3.63) is 17.7 Å². The van der Waals surface area contributed by atoms with Gasteiger partial charge in [-0.1, -0.05) is 0 Å². The summed E-state index contributed by atoms with van der Waals surface area (Å²) in [5, 5.41) is 9.37. The highest BCUT2D eigenvalue weighted by Crippen LogP contribution is 2.26. The second-order valence-electron chi connectivity index (χ2n) is 5.41. The van der Waals surface area contributed by atoms with Crippen molar-refractivity contribution in [3.8, 4) is 0 Å². The Balaban J connectivity index is 1.79. The fourth-order valence-electron chi connectivity index (χ4n) is 2.93. The van der Waals surface area contributed by atoms with Crippen molar-refractivity contribution in [2.45, 2.75) is 44.1 Å². The molecular weight excluding hydrogens is 276 g/mol. The number of amides is 1. The first-order valence-electron chi connectivity index (χ1n) is 7.00. The molecule has 0 saturated carbocycles. The largest absolute Gasteiger partial charge is 0.480 e. The van der Waals surface area contributed by atoms with Gasteiger partial charge in [0.1, 0.15) is 12.1 Å². The molecule has 114 valence electrons. The molecule has 2 aliphatic heterocycles. The predicted octanol–water partition coefficient (Wildman–Crippen LogP) is -0.746. The van der Waals surface area contributed by atoms with E-state index in [1.807, 2.05) is 0 Å². The average molecular weight is 294 g/mol. The van der Waals surface area contributed by atoms with Crippen LogP contribution in [0.1, 0.15) is 24.2 Å². The van der Waals surface area contributed by atoms with E-state index in [2.05, 4.69) is 9.97 Å². The Morgan fingerprint density at radius 3 is 3.00 bits per heavy atom. The molecule has 4 N–H and O–H groups in total. The Labute approximate surface area is 121 Å². The Kier molecular flexibility index (Phi) is 3.64. The molecule has 0 aromatic carbocycles. The van der Waals surface area contributed by atoms with Crippen LogP contribution in [-0.4, -0.2) is 56.6 Å². The summed E-state index contributed by atoms with van der Waals surface area (Å²) in [7, 11) is 0. The summed E-state index contributed by atoms with van der Waals surface area (Å²) in [4.78, 5) is 32.4. The average Bonchev–Trinajstić information content (AvgIpc) is 3.13. The number of hydrogen-bond acceptors (Lipinski definition) is 5. The van der Waals surface area contributed by atoms with E-state index in [1.54, 1.807) is 0 Å². The zero-order valence-corrected chi connectivity index (χ0v) is 11.5. The molecule has 0 aliphatic carbocycles. The van der Waals surface area contributed by atoms with E-state index in [-0.39, 0.29) is 25.0 Å². The van der Waals surface area contributed by atoms with Crippen LogP contribution in [0.4, 0.5) is 0 Å². The lowest BCUT2D eigenvalue weighted by Crippen LogP contribution is -2.52. The van der Waals surface area contributed by atoms with Gasteiger partial charge >= 0.3 is 5.97 Å². The second-order valence-corrected chi connectivity index (χ2v) is 5.41. The minimum absolute atomic E-state index is 0.116. The number of aromatic amines is 1. The molecule has 3 rings (SSSR count). The van der Waals surface area contributed by atoms with E-state index >= 15 is 0 Å². The van der Waals surface area contributed by atoms with Crippen LogP contribution in [0, 0.1) is 0 Å². The zero-order chi connectivity index (χ0) is 15.0. The van der Waals surface area contributed by atoms with Crippen LogP contribution in [0.15, 0.2) is 6.33 Å². The minimum atomic E-state index is -1.02. The third-order valence-corrected chi connectivity index (χ3v) is 4.11. The van der Waals surface area contributed by atoms with Gasteiger partial charge in [-0.05, 0) is 12.8 Å². The summed E-state index contributed by atoms with van der Waals surface area (Å²) in [6.07, 6.45) is 2.34. The maximum atomic E-state index is 12.6. The van der Waals surface area contributed by atoms with Gasteiger partial charge in [0.15, 0.2) is 0 Å². The van der Waals surface area contributed by atoms with Crippen LogP contribution < -0.4 is 5.73 Å². The van der Waals surface area contributed by atoms with E-state index in [0.717, 1.165) is 12.1 Å². The molecule has 1 amide bonds. The Morgan fingerprint density at radius 2 is 2.33 bits per heavy atom. The van der Waals surface area contributed by atoms with E-state index in [0.29, 0.717) is 18.7 Å². The molecule has 3 unspecified atom stereocenters. The maximum absolute atomic E-state index is 12.6. The van der Waals surface area contributed by atoms with Gasteiger partial charge in [0.05, 0.1) is 30.4 Å². The third-order valence-electron chi connectivity index (χ3n) is 4.11. The molecule has 0 bridgehead atoms. The van der Waals surface area contributed by atoms with Gasteiger partial charge in [-0.3, -0.25) is 4.79 Å². The molecular formula is C13H18N4O4. The van der Waals surface area contributed by atoms with Gasteiger partial charge in [0.25, 0.3) is 5.91 Å². The van der Waals surface area contributed by atoms with Crippen LogP contribution in [0.2, 0.25) is 0 Å². The maximum Gasteiger partial charge on any atom is 0.326 e. The fraction of sp³-hybridized carbons (Fsp3) is 0.615. The molecule has 1 aromatic heterocycles. The molecule has 21 heavy (non-hydrogen) atoms. The number of imidazole rings is 1. The minimum Gasteiger partial charge on any atom is -0.480 e. The highest BCUT2D eigenvalue weighted by atomic mass is 16.5. The second kappa shape index (κ2) is 5.45. The summed E-state index contributed by atoms with van der Waals surface area (Å²) in [6.45, 7) is 0.592. The van der Waals surface area contributed by atoms with E-state index in [9.17, 15) is 14.7 Å². The molecule has 0 spiro atoms. The van der Waals surface area contributed by atoms with Crippen molar-refractivity contribution in [1.29, 1.82) is 0 Å². The van der Waals surface area contributed by atoms with Gasteiger partial charge < -0.3 is 25.5 Å². The van der Waals surface area contributed by atoms with Crippen molar-refractivity contribution >= 4 is 11.9 Å². The molecule has 1 saturated heterocycles. The molecule has 8 nitrogen and oxygen atoms in total. The summed E-state index contributed by atoms with van der Waals surface area (Å²) in [5.74, 6) is -1.30. The fourth-order valence-corrected chi connectivity index (χ4v) is 2.93. The van der Waals surface area contributed by atoms with Crippen LogP contribution in [0.3, 0.4) is 0 Å². The number of aromatic nitrogens is 2. The van der Waals surface area contributed by atoms with E-state index < -0.39 is 18.1 Å². The summed E-state index contributed by atoms with van der Waals surface area (Å²) in [5.41, 5.74) is 7.04. The number of hydrogen-bond donors (Lipinski definition) is 3. The van der Waals surface area contributed by atoms with E-state index in [4.69, 9.17) is 10.5 Å². The Hall–Kier alpha value is -1.93. The Morgan fingerprint density at radius 1 is 1.52 bits per heavy atom. The van der Waals surface area contributed by atoms with Crippen LogP contribution in [0.5, 0.6) is 0 Å². The number of nitrogens with two attached hydrogens (primary N) is 1. The molecule has 8 heteroatoms. The van der Waals surface area contributed by atoms with Crippen molar-refractivity contribution < 1.29 is 19.4 Å². The summed E-state index contributed by atoms with van der Waals surface area (Å²) in [6, 6.07) is -0.895. The van der Waals surface area contributed by atoms with E-state index in [1.165, 1.54) is 11.2 Å². The number of nitrogens with zero attached hydrogens (tertiary/aromatic N) is 2. The molecule has 3 heterocycles. The number of ether oxygens (including phenoxy) is 1. The van der Waals surface area contributed by atoms with Gasteiger partial charge in [0, 0.05) is 13.0 Å². The van der Waals surface area contributed by atoms with Crippen LogP contribution in [-0.2, 0) is 27.3 Å². The predicted molar refractivity (Wildman–Crippen MR) is 71.2 cm³/mol. The van der Waals surface area contributed by atoms with Crippen molar-refractivity contribution in [2.24, 2.45) is 5.73 Å². The van der Waals surface area contributed by atoms with Gasteiger partial charge in [0.2, 0.25) is 0 Å². The molecule has 0 radical (unpaired) electrons. The third kappa shape index (κ3) is 2.52. The van der Waals surface area contributed by atoms with Crippen LogP contribution in [0.25, 0.3) is 0 Å². The zero-order valence-electron chi connectivity index (χ0n) is 11.5. The first kappa shape index (κ1) is 14.0. The quantitative estimate of drug-likeness (QED) is 0.674. The summed E-state index contributed by atoms with van der Waals surface area (Å²) < 4.78 is 5.59.